The van der Waals surface area contributed by atoms with E-state index in [1.54, 1.807) is 32.4 Å². The molecule has 0 N–H and O–H groups in total. The van der Waals surface area contributed by atoms with Gasteiger partial charge in [-0.15, -0.1) is 0 Å². The summed E-state index contributed by atoms with van der Waals surface area (Å²) in [6.45, 7) is 1.93. The van der Waals surface area contributed by atoms with E-state index in [9.17, 15) is 4.79 Å². The number of esters is 1. The van der Waals surface area contributed by atoms with E-state index in [4.69, 9.17) is 37.4 Å². The first-order chi connectivity index (χ1) is 13.9. The van der Waals surface area contributed by atoms with Crippen LogP contribution in [0.25, 0.3) is 10.9 Å². The van der Waals surface area contributed by atoms with Crippen molar-refractivity contribution in [3.63, 3.8) is 0 Å². The highest BCUT2D eigenvalue weighted by Gasteiger charge is 2.28. The number of halogens is 2. The minimum atomic E-state index is -0.512. The minimum absolute atomic E-state index is 0.0502. The van der Waals surface area contributed by atoms with E-state index in [0.29, 0.717) is 44.8 Å². The van der Waals surface area contributed by atoms with Gasteiger partial charge in [0.25, 0.3) is 0 Å². The van der Waals surface area contributed by atoms with Gasteiger partial charge in [-0.2, -0.15) is 9.97 Å². The van der Waals surface area contributed by atoms with Gasteiger partial charge in [-0.05, 0) is 30.2 Å². The lowest BCUT2D eigenvalue weighted by Gasteiger charge is -2.22. The highest BCUT2D eigenvalue weighted by atomic mass is 35.5. The molecule has 1 aromatic heterocycles. The molecule has 0 radical (unpaired) electrons. The maximum Gasteiger partial charge on any atom is 0.326 e. The standard InChI is InChI=1S/C20H17Cl2N3O4/c1-10(26)29-20-23-15-9-17(28-3)16(27-2)8-13(15)19(24-20)25-5-4-11-6-12(21)7-14(22)18(11)25/h6-9H,4-5H2,1-3H3. The predicted molar refractivity (Wildman–Crippen MR) is 111 cm³/mol. The molecule has 0 aliphatic carbocycles. The first-order valence-corrected chi connectivity index (χ1v) is 9.54. The van der Waals surface area contributed by atoms with E-state index in [0.717, 1.165) is 17.7 Å². The lowest BCUT2D eigenvalue weighted by Crippen LogP contribution is -2.17. The van der Waals surface area contributed by atoms with Gasteiger partial charge in [-0.25, -0.2) is 0 Å². The van der Waals surface area contributed by atoms with E-state index in [2.05, 4.69) is 9.97 Å². The summed E-state index contributed by atoms with van der Waals surface area (Å²) in [5, 5.41) is 1.80. The zero-order valence-electron chi connectivity index (χ0n) is 16.0. The summed E-state index contributed by atoms with van der Waals surface area (Å²) in [6.07, 6.45) is 0.747. The minimum Gasteiger partial charge on any atom is -0.493 e. The Morgan fingerprint density at radius 3 is 2.48 bits per heavy atom. The zero-order valence-corrected chi connectivity index (χ0v) is 17.5. The molecular weight excluding hydrogens is 417 g/mol. The number of carbonyl (C=O) groups is 1. The number of carbonyl (C=O) groups excluding carboxylic acids is 1. The second-order valence-electron chi connectivity index (χ2n) is 6.44. The van der Waals surface area contributed by atoms with Crippen LogP contribution in [0.1, 0.15) is 12.5 Å². The molecule has 2 heterocycles. The first kappa shape index (κ1) is 19.5. The Bertz CT molecular complexity index is 1140. The summed E-state index contributed by atoms with van der Waals surface area (Å²) in [4.78, 5) is 22.3. The van der Waals surface area contributed by atoms with Crippen LogP contribution in [0.2, 0.25) is 10.0 Å². The van der Waals surface area contributed by atoms with Crippen LogP contribution >= 0.6 is 23.2 Å². The van der Waals surface area contributed by atoms with Crippen molar-refractivity contribution in [2.45, 2.75) is 13.3 Å². The van der Waals surface area contributed by atoms with Crippen molar-refractivity contribution in [2.75, 3.05) is 25.7 Å². The smallest absolute Gasteiger partial charge is 0.326 e. The quantitative estimate of drug-likeness (QED) is 0.557. The van der Waals surface area contributed by atoms with E-state index in [1.165, 1.54) is 6.92 Å². The lowest BCUT2D eigenvalue weighted by atomic mass is 10.1. The maximum absolute atomic E-state index is 11.5. The molecule has 1 aliphatic rings. The van der Waals surface area contributed by atoms with Crippen LogP contribution in [0, 0.1) is 0 Å². The molecule has 29 heavy (non-hydrogen) atoms. The molecule has 0 fully saturated rings. The van der Waals surface area contributed by atoms with Crippen LogP contribution in [0.3, 0.4) is 0 Å². The molecule has 0 bridgehead atoms. The largest absolute Gasteiger partial charge is 0.493 e. The van der Waals surface area contributed by atoms with Crippen molar-refractivity contribution in [3.8, 4) is 17.5 Å². The third-order valence-corrected chi connectivity index (χ3v) is 5.14. The Labute approximate surface area is 177 Å². The SMILES string of the molecule is COc1cc2nc(OC(C)=O)nc(N3CCc4cc(Cl)cc(Cl)c43)c2cc1OC. The van der Waals surface area contributed by atoms with Gasteiger partial charge in [0.15, 0.2) is 11.5 Å². The summed E-state index contributed by atoms with van der Waals surface area (Å²) < 4.78 is 16.0. The van der Waals surface area contributed by atoms with E-state index >= 15 is 0 Å². The van der Waals surface area contributed by atoms with Crippen molar-refractivity contribution in [1.29, 1.82) is 0 Å². The fourth-order valence-electron chi connectivity index (χ4n) is 3.47. The molecular formula is C20H17Cl2N3O4. The van der Waals surface area contributed by atoms with Crippen LogP contribution in [0.15, 0.2) is 24.3 Å². The maximum atomic E-state index is 11.5. The Kier molecular flexibility index (Phi) is 5.10. The second-order valence-corrected chi connectivity index (χ2v) is 7.29. The monoisotopic (exact) mass is 433 g/mol. The van der Waals surface area contributed by atoms with Gasteiger partial charge in [0.05, 0.1) is 30.4 Å². The Balaban J connectivity index is 1.97. The summed E-state index contributed by atoms with van der Waals surface area (Å²) in [5.41, 5.74) is 2.38. The molecule has 0 amide bonds. The number of hydrogen-bond acceptors (Lipinski definition) is 7. The van der Waals surface area contributed by atoms with Gasteiger partial charge in [-0.1, -0.05) is 23.2 Å². The summed E-state index contributed by atoms with van der Waals surface area (Å²) in [6, 6.07) is 7.05. The molecule has 3 aromatic rings. The van der Waals surface area contributed by atoms with Crippen LogP contribution in [-0.4, -0.2) is 36.7 Å². The number of hydrogen-bond donors (Lipinski definition) is 0. The Hall–Kier alpha value is -2.77. The number of aromatic nitrogens is 2. The number of rotatable bonds is 4. The van der Waals surface area contributed by atoms with Crippen molar-refractivity contribution in [2.24, 2.45) is 0 Å². The van der Waals surface area contributed by atoms with Gasteiger partial charge in [0.2, 0.25) is 0 Å². The number of fused-ring (bicyclic) bond motifs is 2. The highest BCUT2D eigenvalue weighted by molar-refractivity contribution is 6.37. The number of anilines is 2. The summed E-state index contributed by atoms with van der Waals surface area (Å²) in [5.74, 6) is 1.08. The van der Waals surface area contributed by atoms with Gasteiger partial charge in [-0.3, -0.25) is 4.79 Å². The molecule has 0 spiro atoms. The summed E-state index contributed by atoms with van der Waals surface area (Å²) >= 11 is 12.7. The first-order valence-electron chi connectivity index (χ1n) is 8.79. The summed E-state index contributed by atoms with van der Waals surface area (Å²) in [7, 11) is 3.10. The molecule has 9 heteroatoms. The molecule has 0 saturated carbocycles. The van der Waals surface area contributed by atoms with Crippen LogP contribution in [0.5, 0.6) is 17.5 Å². The molecule has 7 nitrogen and oxygen atoms in total. The van der Waals surface area contributed by atoms with Crippen molar-refractivity contribution < 1.29 is 19.0 Å². The van der Waals surface area contributed by atoms with Crippen LogP contribution in [0.4, 0.5) is 11.5 Å². The van der Waals surface area contributed by atoms with Crippen molar-refractivity contribution in [3.05, 3.63) is 39.9 Å². The molecule has 0 unspecified atom stereocenters. The Morgan fingerprint density at radius 1 is 1.07 bits per heavy atom. The molecule has 4 rings (SSSR count). The second kappa shape index (κ2) is 7.57. The fraction of sp³-hybridized carbons (Fsp3) is 0.250. The predicted octanol–water partition coefficient (Wildman–Crippen LogP) is 4.57. The normalized spacial score (nSPS) is 12.8. The fourth-order valence-corrected chi connectivity index (χ4v) is 4.10. The van der Waals surface area contributed by atoms with Crippen molar-refractivity contribution in [1.82, 2.24) is 9.97 Å². The third kappa shape index (κ3) is 3.52. The van der Waals surface area contributed by atoms with E-state index in [1.807, 2.05) is 11.0 Å². The average molecular weight is 434 g/mol. The third-order valence-electron chi connectivity index (χ3n) is 4.63. The molecule has 2 aromatic carbocycles. The molecule has 1 aliphatic heterocycles. The van der Waals surface area contributed by atoms with E-state index in [-0.39, 0.29) is 6.01 Å². The van der Waals surface area contributed by atoms with Gasteiger partial charge < -0.3 is 19.1 Å². The molecule has 150 valence electrons. The lowest BCUT2D eigenvalue weighted by molar-refractivity contribution is -0.132. The van der Waals surface area contributed by atoms with Crippen LogP contribution < -0.4 is 19.1 Å². The van der Waals surface area contributed by atoms with E-state index < -0.39 is 5.97 Å². The number of benzene rings is 2. The molecule has 0 saturated heterocycles. The number of nitrogens with zero attached hydrogens (tertiary/aromatic N) is 3. The average Bonchev–Trinajstić information content (AvgIpc) is 3.09. The number of methoxy groups -OCH3 is 2. The van der Waals surface area contributed by atoms with Gasteiger partial charge in [0, 0.05) is 29.9 Å². The topological polar surface area (TPSA) is 73.8 Å². The Morgan fingerprint density at radius 2 is 1.79 bits per heavy atom. The highest BCUT2D eigenvalue weighted by Crippen LogP contribution is 2.44. The van der Waals surface area contributed by atoms with Crippen molar-refractivity contribution >= 4 is 51.6 Å². The number of ether oxygens (including phenoxy) is 3. The van der Waals surface area contributed by atoms with Gasteiger partial charge in [0.1, 0.15) is 5.82 Å². The van der Waals surface area contributed by atoms with Crippen LogP contribution in [-0.2, 0) is 11.2 Å². The zero-order chi connectivity index (χ0) is 20.7. The van der Waals surface area contributed by atoms with Gasteiger partial charge >= 0.3 is 12.0 Å². The molecule has 0 atom stereocenters.